The zero-order valence-corrected chi connectivity index (χ0v) is 10.6. The van der Waals surface area contributed by atoms with E-state index in [2.05, 4.69) is 10.0 Å². The van der Waals surface area contributed by atoms with Gasteiger partial charge in [0.2, 0.25) is 5.91 Å². The number of hydrogen-bond acceptors (Lipinski definition) is 2. The Morgan fingerprint density at radius 3 is 2.50 bits per heavy atom. The third kappa shape index (κ3) is 1.93. The highest BCUT2D eigenvalue weighted by atomic mass is 16.2. The average Bonchev–Trinajstić information content (AvgIpc) is 2.33. The molecule has 0 saturated heterocycles. The summed E-state index contributed by atoms with van der Waals surface area (Å²) >= 11 is 0. The summed E-state index contributed by atoms with van der Waals surface area (Å²) in [7, 11) is 3.52. The smallest absolute Gasteiger partial charge is 0.232 e. The van der Waals surface area contributed by atoms with Gasteiger partial charge in [0, 0.05) is 25.0 Å². The number of amides is 1. The van der Waals surface area contributed by atoms with Crippen LogP contribution in [0.3, 0.4) is 0 Å². The normalized spacial score (nSPS) is 25.8. The number of carbonyl (C=O) groups excluding carboxylic acids is 1. The Balaban J connectivity index is 2.32. The fraction of sp³-hybridized carbons (Fsp3) is 0.462. The summed E-state index contributed by atoms with van der Waals surface area (Å²) in [5.41, 5.74) is 8.95. The highest BCUT2D eigenvalue weighted by molar-refractivity contribution is 5.89. The first-order chi connectivity index (χ1) is 8.60. The Morgan fingerprint density at radius 1 is 1.39 bits per heavy atom. The minimum Gasteiger partial charge on any atom is -0.348 e. The lowest BCUT2D eigenvalue weighted by Crippen LogP contribution is -2.54. The van der Waals surface area contributed by atoms with Crippen LogP contribution in [0, 0.1) is 0 Å². The van der Waals surface area contributed by atoms with E-state index in [0.29, 0.717) is 12.8 Å². The Morgan fingerprint density at radius 2 is 2.00 bits per heavy atom. The van der Waals surface area contributed by atoms with Gasteiger partial charge in [0.25, 0.3) is 0 Å². The van der Waals surface area contributed by atoms with Gasteiger partial charge in [-0.2, -0.15) is 0 Å². The lowest BCUT2D eigenvalue weighted by molar-refractivity contribution is -0.138. The quantitative estimate of drug-likeness (QED) is 0.457. The maximum absolute atomic E-state index is 12.4. The van der Waals surface area contributed by atoms with Crippen LogP contribution in [0.15, 0.2) is 35.4 Å². The molecule has 1 aliphatic carbocycles. The van der Waals surface area contributed by atoms with Crippen LogP contribution >= 0.6 is 0 Å². The molecule has 0 radical (unpaired) electrons. The van der Waals surface area contributed by atoms with E-state index in [0.717, 1.165) is 5.56 Å². The number of likely N-dealkylation sites (N-methyl/N-ethyl adjacent to an activating group) is 1. The molecule has 18 heavy (non-hydrogen) atoms. The van der Waals surface area contributed by atoms with Crippen LogP contribution in [0.25, 0.3) is 10.4 Å². The van der Waals surface area contributed by atoms with Gasteiger partial charge in [-0.15, -0.1) is 0 Å². The summed E-state index contributed by atoms with van der Waals surface area (Å²) in [5.74, 6) is 0.0816. The van der Waals surface area contributed by atoms with Crippen molar-refractivity contribution in [2.75, 3.05) is 14.1 Å². The van der Waals surface area contributed by atoms with Crippen LogP contribution in [0.2, 0.25) is 0 Å². The van der Waals surface area contributed by atoms with Gasteiger partial charge in [-0.05, 0) is 23.9 Å². The Bertz CT molecular complexity index is 485. The van der Waals surface area contributed by atoms with Gasteiger partial charge in [0.05, 0.1) is 5.41 Å². The monoisotopic (exact) mass is 244 g/mol. The molecule has 1 amide bonds. The maximum atomic E-state index is 12.4. The first kappa shape index (κ1) is 12.5. The van der Waals surface area contributed by atoms with Crippen LogP contribution in [0.4, 0.5) is 0 Å². The second-order valence-electron chi connectivity index (χ2n) is 4.91. The Labute approximate surface area is 106 Å². The van der Waals surface area contributed by atoms with Crippen molar-refractivity contribution in [2.24, 2.45) is 5.11 Å². The van der Waals surface area contributed by atoms with Crippen LogP contribution < -0.4 is 0 Å². The minimum atomic E-state index is -0.510. The largest absolute Gasteiger partial charge is 0.348 e. The van der Waals surface area contributed by atoms with E-state index in [9.17, 15) is 4.79 Å². The average molecular weight is 244 g/mol. The van der Waals surface area contributed by atoms with Gasteiger partial charge in [0.15, 0.2) is 0 Å². The first-order valence-electron chi connectivity index (χ1n) is 5.91. The van der Waals surface area contributed by atoms with Crippen molar-refractivity contribution in [1.29, 1.82) is 0 Å². The van der Waals surface area contributed by atoms with Crippen molar-refractivity contribution in [3.05, 3.63) is 46.3 Å². The van der Waals surface area contributed by atoms with Crippen molar-refractivity contribution in [3.8, 4) is 0 Å². The number of carbonyl (C=O) groups is 1. The van der Waals surface area contributed by atoms with E-state index in [1.807, 2.05) is 30.3 Å². The van der Waals surface area contributed by atoms with Gasteiger partial charge in [-0.3, -0.25) is 4.79 Å². The second kappa shape index (κ2) is 4.70. The lowest BCUT2D eigenvalue weighted by atomic mass is 9.61. The standard InChI is InChI=1S/C13H16N4O/c1-17(2)12(18)13(8-11(9-13)15-16-14)10-6-4-3-5-7-10/h3-7,11H,8-9H2,1-2H3/t11-,13-. The predicted octanol–water partition coefficient (Wildman–Crippen LogP) is 2.49. The molecule has 1 aromatic rings. The predicted molar refractivity (Wildman–Crippen MR) is 69.0 cm³/mol. The molecular formula is C13H16N4O. The second-order valence-corrected chi connectivity index (χ2v) is 4.91. The molecule has 0 aliphatic heterocycles. The molecule has 0 unspecified atom stereocenters. The molecule has 1 aliphatic rings. The lowest BCUT2D eigenvalue weighted by Gasteiger charge is -2.46. The zero-order chi connectivity index (χ0) is 13.2. The topological polar surface area (TPSA) is 69.1 Å². The summed E-state index contributed by atoms with van der Waals surface area (Å²) in [5, 5.41) is 3.70. The van der Waals surface area contributed by atoms with Crippen LogP contribution in [-0.4, -0.2) is 30.9 Å². The third-order valence-electron chi connectivity index (χ3n) is 3.53. The Kier molecular flexibility index (Phi) is 3.26. The van der Waals surface area contributed by atoms with E-state index in [-0.39, 0.29) is 11.9 Å². The summed E-state index contributed by atoms with van der Waals surface area (Å²) in [4.78, 5) is 16.8. The maximum Gasteiger partial charge on any atom is 0.232 e. The molecule has 1 fully saturated rings. The fourth-order valence-electron chi connectivity index (χ4n) is 2.62. The van der Waals surface area contributed by atoms with Gasteiger partial charge in [0.1, 0.15) is 0 Å². The highest BCUT2D eigenvalue weighted by Gasteiger charge is 2.51. The van der Waals surface area contributed by atoms with Gasteiger partial charge in [-0.25, -0.2) is 0 Å². The number of azide groups is 1. The van der Waals surface area contributed by atoms with Gasteiger partial charge in [-0.1, -0.05) is 35.4 Å². The molecule has 0 heterocycles. The molecule has 1 aromatic carbocycles. The van der Waals surface area contributed by atoms with Crippen LogP contribution in [0.1, 0.15) is 18.4 Å². The minimum absolute atomic E-state index is 0.0703. The van der Waals surface area contributed by atoms with Crippen molar-refractivity contribution in [2.45, 2.75) is 24.3 Å². The fourth-order valence-corrected chi connectivity index (χ4v) is 2.62. The summed E-state index contributed by atoms with van der Waals surface area (Å²) < 4.78 is 0. The van der Waals surface area contributed by atoms with E-state index in [4.69, 9.17) is 5.53 Å². The van der Waals surface area contributed by atoms with Crippen molar-refractivity contribution in [3.63, 3.8) is 0 Å². The van der Waals surface area contributed by atoms with E-state index in [1.54, 1.807) is 19.0 Å². The van der Waals surface area contributed by atoms with Gasteiger partial charge < -0.3 is 4.90 Å². The molecule has 1 saturated carbocycles. The van der Waals surface area contributed by atoms with E-state index < -0.39 is 5.41 Å². The molecule has 2 rings (SSSR count). The van der Waals surface area contributed by atoms with Crippen LogP contribution in [0.5, 0.6) is 0 Å². The summed E-state index contributed by atoms with van der Waals surface area (Å²) in [6, 6.07) is 9.66. The SMILES string of the molecule is CN(C)C(=O)[C@]1(c2ccccc2)C[C@@H](N=[N+]=[N-])C1. The van der Waals surface area contributed by atoms with Crippen molar-refractivity contribution < 1.29 is 4.79 Å². The van der Waals surface area contributed by atoms with Crippen molar-refractivity contribution in [1.82, 2.24) is 4.90 Å². The zero-order valence-electron chi connectivity index (χ0n) is 10.6. The summed E-state index contributed by atoms with van der Waals surface area (Å²) in [6.07, 6.45) is 1.19. The molecule has 0 spiro atoms. The van der Waals surface area contributed by atoms with Crippen molar-refractivity contribution >= 4 is 5.91 Å². The third-order valence-corrected chi connectivity index (χ3v) is 3.53. The molecular weight excluding hydrogens is 228 g/mol. The molecule has 0 atom stereocenters. The number of nitrogens with zero attached hydrogens (tertiary/aromatic N) is 4. The number of rotatable bonds is 3. The Hall–Kier alpha value is -2.00. The summed E-state index contributed by atoms with van der Waals surface area (Å²) in [6.45, 7) is 0. The highest BCUT2D eigenvalue weighted by Crippen LogP contribution is 2.46. The first-order valence-corrected chi connectivity index (χ1v) is 5.91. The molecule has 5 nitrogen and oxygen atoms in total. The van der Waals surface area contributed by atoms with E-state index in [1.165, 1.54) is 0 Å². The molecule has 0 aromatic heterocycles. The molecule has 0 bridgehead atoms. The number of benzene rings is 1. The molecule has 0 N–H and O–H groups in total. The van der Waals surface area contributed by atoms with Gasteiger partial charge >= 0.3 is 0 Å². The molecule has 5 heteroatoms. The molecule has 94 valence electrons. The number of hydrogen-bond donors (Lipinski definition) is 0. The van der Waals surface area contributed by atoms with Crippen LogP contribution in [-0.2, 0) is 10.2 Å². The van der Waals surface area contributed by atoms with E-state index >= 15 is 0 Å².